The van der Waals surface area contributed by atoms with Crippen LogP contribution >= 0.6 is 0 Å². The van der Waals surface area contributed by atoms with Crippen LogP contribution in [0.15, 0.2) is 48.5 Å². The van der Waals surface area contributed by atoms with Gasteiger partial charge < -0.3 is 4.90 Å². The van der Waals surface area contributed by atoms with Gasteiger partial charge in [-0.3, -0.25) is 14.9 Å². The standard InChI is InChI=1S/C16H16N2O3/c1-12-7-3-4-8-13(12)11-17(2)16(19)14-9-5-6-10-15(14)18(20)21/h3-10H,11H2,1-2H3. The topological polar surface area (TPSA) is 63.5 Å². The van der Waals surface area contributed by atoms with Crippen LogP contribution in [-0.4, -0.2) is 22.8 Å². The Morgan fingerprint density at radius 3 is 2.43 bits per heavy atom. The van der Waals surface area contributed by atoms with E-state index in [-0.39, 0.29) is 17.2 Å². The van der Waals surface area contributed by atoms with E-state index in [0.717, 1.165) is 11.1 Å². The molecule has 2 aromatic rings. The van der Waals surface area contributed by atoms with Gasteiger partial charge in [0.1, 0.15) is 5.56 Å². The van der Waals surface area contributed by atoms with Crippen molar-refractivity contribution in [2.75, 3.05) is 7.05 Å². The Bertz CT molecular complexity index is 683. The highest BCUT2D eigenvalue weighted by Gasteiger charge is 2.22. The smallest absolute Gasteiger partial charge is 0.282 e. The third-order valence-corrected chi connectivity index (χ3v) is 3.35. The summed E-state index contributed by atoms with van der Waals surface area (Å²) in [6.45, 7) is 2.39. The average Bonchev–Trinajstić information content (AvgIpc) is 2.48. The lowest BCUT2D eigenvalue weighted by atomic mass is 10.1. The van der Waals surface area contributed by atoms with Crippen LogP contribution in [0.1, 0.15) is 21.5 Å². The number of aryl methyl sites for hydroxylation is 1. The van der Waals surface area contributed by atoms with E-state index in [4.69, 9.17) is 0 Å². The first-order valence-corrected chi connectivity index (χ1v) is 6.54. The Kier molecular flexibility index (Phi) is 4.33. The zero-order chi connectivity index (χ0) is 15.4. The quantitative estimate of drug-likeness (QED) is 0.640. The maximum absolute atomic E-state index is 12.4. The van der Waals surface area contributed by atoms with Crippen LogP contribution in [0.25, 0.3) is 0 Å². The lowest BCUT2D eigenvalue weighted by Gasteiger charge is -2.18. The molecule has 21 heavy (non-hydrogen) atoms. The van der Waals surface area contributed by atoms with Crippen LogP contribution in [0.5, 0.6) is 0 Å². The molecule has 2 rings (SSSR count). The minimum absolute atomic E-state index is 0.110. The Labute approximate surface area is 123 Å². The van der Waals surface area contributed by atoms with Crippen LogP contribution in [-0.2, 0) is 6.54 Å². The van der Waals surface area contributed by atoms with Gasteiger partial charge in [0, 0.05) is 19.7 Å². The molecule has 0 aliphatic carbocycles. The molecule has 0 aliphatic rings. The van der Waals surface area contributed by atoms with Gasteiger partial charge in [0.05, 0.1) is 4.92 Å². The number of hydrogen-bond acceptors (Lipinski definition) is 3. The molecular weight excluding hydrogens is 268 g/mol. The van der Waals surface area contributed by atoms with Crippen molar-refractivity contribution >= 4 is 11.6 Å². The van der Waals surface area contributed by atoms with Crippen LogP contribution in [0.4, 0.5) is 5.69 Å². The molecule has 1 amide bonds. The second-order valence-electron chi connectivity index (χ2n) is 4.86. The van der Waals surface area contributed by atoms with Crippen molar-refractivity contribution < 1.29 is 9.72 Å². The Morgan fingerprint density at radius 1 is 1.14 bits per heavy atom. The molecule has 0 bridgehead atoms. The minimum atomic E-state index is -0.533. The molecule has 0 spiro atoms. The summed E-state index contributed by atoms with van der Waals surface area (Å²) in [5.74, 6) is -0.356. The summed E-state index contributed by atoms with van der Waals surface area (Å²) in [4.78, 5) is 24.4. The van der Waals surface area contributed by atoms with Crippen molar-refractivity contribution in [2.24, 2.45) is 0 Å². The summed E-state index contributed by atoms with van der Waals surface area (Å²) < 4.78 is 0. The summed E-state index contributed by atoms with van der Waals surface area (Å²) in [5.41, 5.74) is 2.05. The van der Waals surface area contributed by atoms with E-state index >= 15 is 0 Å². The predicted octanol–water partition coefficient (Wildman–Crippen LogP) is 3.18. The van der Waals surface area contributed by atoms with Gasteiger partial charge in [-0.05, 0) is 24.1 Å². The van der Waals surface area contributed by atoms with Crippen LogP contribution in [0, 0.1) is 17.0 Å². The first-order chi connectivity index (χ1) is 10.0. The number of carbonyl (C=O) groups excluding carboxylic acids is 1. The van der Waals surface area contributed by atoms with Crippen molar-refractivity contribution in [1.29, 1.82) is 0 Å². The lowest BCUT2D eigenvalue weighted by Crippen LogP contribution is -2.27. The maximum atomic E-state index is 12.4. The number of carbonyl (C=O) groups is 1. The van der Waals surface area contributed by atoms with Gasteiger partial charge in [0.15, 0.2) is 0 Å². The second kappa shape index (κ2) is 6.17. The summed E-state index contributed by atoms with van der Waals surface area (Å²) in [5, 5.41) is 11.0. The van der Waals surface area contributed by atoms with Crippen molar-refractivity contribution in [2.45, 2.75) is 13.5 Å². The molecule has 5 heteroatoms. The van der Waals surface area contributed by atoms with Crippen molar-refractivity contribution in [3.05, 3.63) is 75.3 Å². The van der Waals surface area contributed by atoms with Gasteiger partial charge in [-0.2, -0.15) is 0 Å². The number of amides is 1. The second-order valence-corrected chi connectivity index (χ2v) is 4.86. The van der Waals surface area contributed by atoms with Gasteiger partial charge in [-0.1, -0.05) is 36.4 Å². The third-order valence-electron chi connectivity index (χ3n) is 3.35. The Morgan fingerprint density at radius 2 is 1.76 bits per heavy atom. The van der Waals surface area contributed by atoms with Gasteiger partial charge in [0.25, 0.3) is 11.6 Å². The van der Waals surface area contributed by atoms with Gasteiger partial charge in [-0.25, -0.2) is 0 Å². The summed E-state index contributed by atoms with van der Waals surface area (Å²) >= 11 is 0. The predicted molar refractivity (Wildman–Crippen MR) is 80.1 cm³/mol. The van der Waals surface area contributed by atoms with Crippen LogP contribution in [0.2, 0.25) is 0 Å². The molecule has 0 saturated carbocycles. The largest absolute Gasteiger partial charge is 0.337 e. The molecule has 0 aliphatic heterocycles. The minimum Gasteiger partial charge on any atom is -0.337 e. The summed E-state index contributed by atoms with van der Waals surface area (Å²) in [6, 6.07) is 13.8. The van der Waals surface area contributed by atoms with Gasteiger partial charge in [0.2, 0.25) is 0 Å². The van der Waals surface area contributed by atoms with Gasteiger partial charge in [-0.15, -0.1) is 0 Å². The highest BCUT2D eigenvalue weighted by atomic mass is 16.6. The van der Waals surface area contributed by atoms with Crippen molar-refractivity contribution in [3.8, 4) is 0 Å². The highest BCUT2D eigenvalue weighted by Crippen LogP contribution is 2.20. The number of rotatable bonds is 4. The van der Waals surface area contributed by atoms with Crippen LogP contribution in [0.3, 0.4) is 0 Å². The SMILES string of the molecule is Cc1ccccc1CN(C)C(=O)c1ccccc1[N+](=O)[O-]. The number of nitro benzene ring substituents is 1. The van der Waals surface area contributed by atoms with E-state index < -0.39 is 4.92 Å². The fourth-order valence-electron chi connectivity index (χ4n) is 2.13. The molecule has 2 aromatic carbocycles. The molecule has 0 radical (unpaired) electrons. The molecule has 0 aromatic heterocycles. The average molecular weight is 284 g/mol. The molecule has 0 saturated heterocycles. The fourth-order valence-corrected chi connectivity index (χ4v) is 2.13. The number of nitro groups is 1. The van der Waals surface area contributed by atoms with E-state index in [1.54, 1.807) is 19.2 Å². The van der Waals surface area contributed by atoms with E-state index in [1.165, 1.54) is 17.0 Å². The summed E-state index contributed by atoms with van der Waals surface area (Å²) in [7, 11) is 1.64. The van der Waals surface area contributed by atoms with Gasteiger partial charge >= 0.3 is 0 Å². The molecule has 0 unspecified atom stereocenters. The molecular formula is C16H16N2O3. The molecule has 0 fully saturated rings. The molecule has 0 N–H and O–H groups in total. The normalized spacial score (nSPS) is 10.2. The molecule has 5 nitrogen and oxygen atoms in total. The Hall–Kier alpha value is -2.69. The number of para-hydroxylation sites is 1. The summed E-state index contributed by atoms with van der Waals surface area (Å²) in [6.07, 6.45) is 0. The first-order valence-electron chi connectivity index (χ1n) is 6.54. The monoisotopic (exact) mass is 284 g/mol. The maximum Gasteiger partial charge on any atom is 0.282 e. The van der Waals surface area contributed by atoms with Crippen molar-refractivity contribution in [3.63, 3.8) is 0 Å². The molecule has 108 valence electrons. The number of benzene rings is 2. The van der Waals surface area contributed by atoms with E-state index in [0.29, 0.717) is 6.54 Å². The highest BCUT2D eigenvalue weighted by molar-refractivity contribution is 5.97. The van der Waals surface area contributed by atoms with Crippen LogP contribution < -0.4 is 0 Å². The molecule has 0 heterocycles. The zero-order valence-electron chi connectivity index (χ0n) is 11.9. The Balaban J connectivity index is 2.24. The van der Waals surface area contributed by atoms with E-state index in [2.05, 4.69) is 0 Å². The fraction of sp³-hybridized carbons (Fsp3) is 0.188. The van der Waals surface area contributed by atoms with E-state index in [1.807, 2.05) is 31.2 Å². The number of hydrogen-bond donors (Lipinski definition) is 0. The van der Waals surface area contributed by atoms with E-state index in [9.17, 15) is 14.9 Å². The third kappa shape index (κ3) is 3.25. The lowest BCUT2D eigenvalue weighted by molar-refractivity contribution is -0.385. The zero-order valence-corrected chi connectivity index (χ0v) is 11.9. The first kappa shape index (κ1) is 14.7. The number of nitrogens with zero attached hydrogens (tertiary/aromatic N) is 2. The molecule has 0 atom stereocenters. The van der Waals surface area contributed by atoms with Crippen molar-refractivity contribution in [1.82, 2.24) is 4.90 Å².